The van der Waals surface area contributed by atoms with Crippen LogP contribution in [0.15, 0.2) is 48.5 Å². The number of amides is 1. The van der Waals surface area contributed by atoms with Crippen LogP contribution in [0.1, 0.15) is 29.9 Å². The summed E-state index contributed by atoms with van der Waals surface area (Å²) in [6.45, 7) is 0.864. The number of hydrogen-bond acceptors (Lipinski definition) is 5. The molecule has 0 unspecified atom stereocenters. The summed E-state index contributed by atoms with van der Waals surface area (Å²) in [6, 6.07) is 16.1. The van der Waals surface area contributed by atoms with Gasteiger partial charge in [0.15, 0.2) is 0 Å². The number of nitrogens with zero attached hydrogens (tertiary/aromatic N) is 1. The van der Waals surface area contributed by atoms with Gasteiger partial charge in [0.2, 0.25) is 6.41 Å². The van der Waals surface area contributed by atoms with E-state index in [9.17, 15) is 14.7 Å². The summed E-state index contributed by atoms with van der Waals surface area (Å²) >= 11 is 0. The predicted molar refractivity (Wildman–Crippen MR) is 97.4 cm³/mol. The fraction of sp³-hybridized carbons (Fsp3) is 0.333. The highest BCUT2D eigenvalue weighted by Gasteiger charge is 2.32. The van der Waals surface area contributed by atoms with Crippen molar-refractivity contribution in [3.8, 4) is 11.1 Å². The molecule has 2 aliphatic rings. The molecule has 0 spiro atoms. The van der Waals surface area contributed by atoms with Crippen LogP contribution in [0.2, 0.25) is 0 Å². The van der Waals surface area contributed by atoms with E-state index < -0.39 is 5.97 Å². The van der Waals surface area contributed by atoms with Crippen LogP contribution in [0.5, 0.6) is 0 Å². The van der Waals surface area contributed by atoms with Gasteiger partial charge >= 0.3 is 0 Å². The zero-order valence-electron chi connectivity index (χ0n) is 14.8. The average Bonchev–Trinajstić information content (AvgIpc) is 3.25. The van der Waals surface area contributed by atoms with E-state index in [0.717, 1.165) is 0 Å². The number of carboxylic acids is 1. The van der Waals surface area contributed by atoms with E-state index in [-0.39, 0.29) is 24.4 Å². The quantitative estimate of drug-likeness (QED) is 0.586. The molecular weight excluding hydrogens is 344 g/mol. The first-order valence-corrected chi connectivity index (χ1v) is 9.15. The first-order valence-electron chi connectivity index (χ1n) is 9.15. The zero-order valence-corrected chi connectivity index (χ0v) is 14.8. The number of aliphatic carboxylic acids is 1. The van der Waals surface area contributed by atoms with Gasteiger partial charge in [0, 0.05) is 30.9 Å². The van der Waals surface area contributed by atoms with Crippen molar-refractivity contribution < 1.29 is 19.5 Å². The van der Waals surface area contributed by atoms with Crippen molar-refractivity contribution in [1.29, 1.82) is 0 Å². The molecule has 2 aromatic carbocycles. The summed E-state index contributed by atoms with van der Waals surface area (Å²) in [6.07, 6.45) is 1.15. The zero-order chi connectivity index (χ0) is 18.8. The number of carbonyl (C=O) groups is 2. The van der Waals surface area contributed by atoms with Gasteiger partial charge in [-0.25, -0.2) is 5.06 Å². The number of benzene rings is 2. The second-order valence-electron chi connectivity index (χ2n) is 7.06. The number of rotatable bonds is 7. The number of nitrogens with one attached hydrogen (secondary N) is 1. The molecule has 140 valence electrons. The lowest BCUT2D eigenvalue weighted by atomic mass is 9.98. The van der Waals surface area contributed by atoms with E-state index in [0.29, 0.717) is 26.0 Å². The van der Waals surface area contributed by atoms with Crippen molar-refractivity contribution in [1.82, 2.24) is 10.4 Å². The summed E-state index contributed by atoms with van der Waals surface area (Å²) in [7, 11) is 0. The normalized spacial score (nSPS) is 20.9. The molecule has 0 bridgehead atoms. The summed E-state index contributed by atoms with van der Waals surface area (Å²) in [5.74, 6) is -1.03. The minimum absolute atomic E-state index is 0.0629. The molecule has 27 heavy (non-hydrogen) atoms. The third-order valence-corrected chi connectivity index (χ3v) is 5.43. The van der Waals surface area contributed by atoms with Crippen LogP contribution in [-0.4, -0.2) is 42.7 Å². The second-order valence-corrected chi connectivity index (χ2v) is 7.06. The predicted octanol–water partition coefficient (Wildman–Crippen LogP) is 1.06. The van der Waals surface area contributed by atoms with Gasteiger partial charge in [0.25, 0.3) is 0 Å². The third kappa shape index (κ3) is 3.46. The minimum atomic E-state index is -1.09. The Bertz CT molecular complexity index is 808. The number of carbonyl (C=O) groups excluding carboxylic acids is 2. The highest BCUT2D eigenvalue weighted by Crippen LogP contribution is 2.44. The maximum Gasteiger partial charge on any atom is 0.233 e. The molecule has 2 aromatic rings. The maximum absolute atomic E-state index is 11.6. The largest absolute Gasteiger partial charge is 0.550 e. The van der Waals surface area contributed by atoms with Gasteiger partial charge in [-0.15, -0.1) is 0 Å². The molecule has 6 nitrogen and oxygen atoms in total. The lowest BCUT2D eigenvalue weighted by Gasteiger charge is -2.25. The fourth-order valence-corrected chi connectivity index (χ4v) is 4.17. The summed E-state index contributed by atoms with van der Waals surface area (Å²) < 4.78 is 0. The fourth-order valence-electron chi connectivity index (χ4n) is 4.17. The van der Waals surface area contributed by atoms with Crippen LogP contribution >= 0.6 is 0 Å². The van der Waals surface area contributed by atoms with Crippen LogP contribution in [0.3, 0.4) is 0 Å². The lowest BCUT2D eigenvalue weighted by molar-refractivity contribution is -0.306. The van der Waals surface area contributed by atoms with Crippen LogP contribution in [0.25, 0.3) is 11.1 Å². The molecule has 0 saturated carbocycles. The Balaban J connectivity index is 1.46. The Labute approximate surface area is 157 Å². The van der Waals surface area contributed by atoms with E-state index in [1.54, 1.807) is 0 Å². The Morgan fingerprint density at radius 3 is 2.37 bits per heavy atom. The number of fused-ring (bicyclic) bond motifs is 3. The van der Waals surface area contributed by atoms with Gasteiger partial charge < -0.3 is 15.2 Å². The van der Waals surface area contributed by atoms with Crippen molar-refractivity contribution in [2.45, 2.75) is 30.8 Å². The molecule has 1 heterocycles. The topological polar surface area (TPSA) is 81.7 Å². The van der Waals surface area contributed by atoms with Crippen molar-refractivity contribution in [3.63, 3.8) is 0 Å². The molecule has 4 rings (SSSR count). The molecule has 0 aromatic heterocycles. The van der Waals surface area contributed by atoms with Crippen molar-refractivity contribution >= 4 is 12.4 Å². The van der Waals surface area contributed by atoms with E-state index in [4.69, 9.17) is 4.84 Å². The summed E-state index contributed by atoms with van der Waals surface area (Å²) in [5.41, 5.74) is 4.81. The van der Waals surface area contributed by atoms with E-state index in [2.05, 4.69) is 29.6 Å². The summed E-state index contributed by atoms with van der Waals surface area (Å²) in [4.78, 5) is 28.2. The Hall–Kier alpha value is -2.70. The van der Waals surface area contributed by atoms with Gasteiger partial charge in [-0.05, 0) is 28.7 Å². The first kappa shape index (κ1) is 17.7. The van der Waals surface area contributed by atoms with Crippen molar-refractivity contribution in [3.05, 3.63) is 59.7 Å². The molecule has 1 aliphatic heterocycles. The smallest absolute Gasteiger partial charge is 0.233 e. The molecule has 1 aliphatic carbocycles. The molecule has 1 fully saturated rings. The monoisotopic (exact) mass is 365 g/mol. The van der Waals surface area contributed by atoms with E-state index in [1.165, 1.54) is 27.3 Å². The average molecular weight is 365 g/mol. The first-order chi connectivity index (χ1) is 13.2. The Morgan fingerprint density at radius 2 is 1.78 bits per heavy atom. The van der Waals surface area contributed by atoms with Crippen LogP contribution in [0, 0.1) is 0 Å². The van der Waals surface area contributed by atoms with Crippen molar-refractivity contribution in [2.75, 3.05) is 13.2 Å². The molecule has 1 saturated heterocycles. The maximum atomic E-state index is 11.6. The van der Waals surface area contributed by atoms with Gasteiger partial charge in [-0.3, -0.25) is 9.63 Å². The van der Waals surface area contributed by atoms with E-state index in [1.807, 2.05) is 24.3 Å². The molecule has 2 atom stereocenters. The van der Waals surface area contributed by atoms with Gasteiger partial charge in [-0.1, -0.05) is 48.5 Å². The molecular formula is C21H21N2O4-. The van der Waals surface area contributed by atoms with Gasteiger partial charge in [-0.2, -0.15) is 0 Å². The number of hydrogen-bond donors (Lipinski definition) is 1. The Kier molecular flexibility index (Phi) is 4.92. The number of carboxylic acid groups (broad SMARTS) is 1. The SMILES string of the molecule is O=CN(OCC1c2ccccc2-c2ccccc21)[C@@H]1CN[C@H](CC(=O)[O-])C1. The molecule has 0 radical (unpaired) electrons. The number of hydroxylamine groups is 2. The van der Waals surface area contributed by atoms with Gasteiger partial charge in [0.1, 0.15) is 0 Å². The Morgan fingerprint density at radius 1 is 1.15 bits per heavy atom. The van der Waals surface area contributed by atoms with E-state index >= 15 is 0 Å². The molecule has 6 heteroatoms. The molecule has 1 N–H and O–H groups in total. The lowest BCUT2D eigenvalue weighted by Crippen LogP contribution is -2.36. The highest BCUT2D eigenvalue weighted by atomic mass is 16.7. The standard InChI is InChI=1S/C21H22N2O4/c24-13-23(15-9-14(22-11-15)10-21(25)26)27-12-20-18-7-3-1-5-16(18)17-6-2-4-8-19(17)20/h1-8,13-15,20,22H,9-12H2,(H,25,26)/p-1/t14-,15-/m0/s1. The van der Waals surface area contributed by atoms with Crippen LogP contribution in [0.4, 0.5) is 0 Å². The third-order valence-electron chi connectivity index (χ3n) is 5.43. The highest BCUT2D eigenvalue weighted by molar-refractivity contribution is 5.78. The minimum Gasteiger partial charge on any atom is -0.550 e. The van der Waals surface area contributed by atoms with Crippen LogP contribution < -0.4 is 10.4 Å². The molecule has 1 amide bonds. The van der Waals surface area contributed by atoms with Crippen LogP contribution in [-0.2, 0) is 14.4 Å². The van der Waals surface area contributed by atoms with Gasteiger partial charge in [0.05, 0.1) is 12.6 Å². The van der Waals surface area contributed by atoms with Crippen molar-refractivity contribution in [2.24, 2.45) is 0 Å². The second kappa shape index (κ2) is 7.50. The summed E-state index contributed by atoms with van der Waals surface area (Å²) in [5, 5.41) is 15.2.